The Hall–Kier alpha value is -2.95. The molecule has 3 aromatic rings. The maximum Gasteiger partial charge on any atom is 0.261 e. The van der Waals surface area contributed by atoms with Crippen LogP contribution in [0.4, 0.5) is 0 Å². The molecular formula is C22H25N3O2. The fraction of sp³-hybridized carbons (Fsp3) is 0.318. The lowest BCUT2D eigenvalue weighted by Crippen LogP contribution is -2.34. The highest BCUT2D eigenvalue weighted by Crippen LogP contribution is 2.24. The number of hydrogen-bond acceptors (Lipinski definition) is 3. The summed E-state index contributed by atoms with van der Waals surface area (Å²) in [5, 5.41) is 3.50. The van der Waals surface area contributed by atoms with Gasteiger partial charge in [0.2, 0.25) is 5.91 Å². The van der Waals surface area contributed by atoms with Crippen molar-refractivity contribution >= 4 is 16.8 Å². The van der Waals surface area contributed by atoms with Crippen molar-refractivity contribution in [3.05, 3.63) is 76.3 Å². The summed E-state index contributed by atoms with van der Waals surface area (Å²) >= 11 is 0. The summed E-state index contributed by atoms with van der Waals surface area (Å²) in [6.07, 6.45) is 0. The van der Waals surface area contributed by atoms with Crippen LogP contribution in [0, 0.1) is 5.92 Å². The normalized spacial score (nSPS) is 12.3. The average Bonchev–Trinajstić information content (AvgIpc) is 2.65. The van der Waals surface area contributed by atoms with Gasteiger partial charge in [-0.15, -0.1) is 0 Å². The minimum Gasteiger partial charge on any atom is -0.356 e. The Kier molecular flexibility index (Phi) is 5.69. The molecule has 0 spiro atoms. The van der Waals surface area contributed by atoms with Crippen molar-refractivity contribution in [1.29, 1.82) is 0 Å². The third-order valence-electron chi connectivity index (χ3n) is 4.78. The van der Waals surface area contributed by atoms with Crippen molar-refractivity contribution in [2.75, 3.05) is 6.54 Å². The van der Waals surface area contributed by atoms with Crippen molar-refractivity contribution in [3.63, 3.8) is 0 Å². The Morgan fingerprint density at radius 2 is 1.74 bits per heavy atom. The standard InChI is InChI=1S/C22H25N3O2/c1-15(2)19(13-23-16(3)26)21-24-20-12-8-7-11-18(20)22(27)25(21)14-17-9-5-4-6-10-17/h4-12,15,19H,13-14H2,1-3H3,(H,23,26). The summed E-state index contributed by atoms with van der Waals surface area (Å²) in [6.45, 7) is 6.58. The zero-order valence-electron chi connectivity index (χ0n) is 16.0. The van der Waals surface area contributed by atoms with Gasteiger partial charge in [-0.3, -0.25) is 14.2 Å². The molecule has 0 radical (unpaired) electrons. The highest BCUT2D eigenvalue weighted by molar-refractivity contribution is 5.77. The van der Waals surface area contributed by atoms with Crippen molar-refractivity contribution in [1.82, 2.24) is 14.9 Å². The third-order valence-corrected chi connectivity index (χ3v) is 4.78. The minimum atomic E-state index is -0.0848. The molecule has 0 aliphatic rings. The summed E-state index contributed by atoms with van der Waals surface area (Å²) in [6, 6.07) is 17.3. The number of nitrogens with zero attached hydrogens (tertiary/aromatic N) is 2. The topological polar surface area (TPSA) is 64.0 Å². The summed E-state index contributed by atoms with van der Waals surface area (Å²) < 4.78 is 1.75. The molecule has 0 bridgehead atoms. The van der Waals surface area contributed by atoms with Crippen LogP contribution in [-0.2, 0) is 11.3 Å². The lowest BCUT2D eigenvalue weighted by molar-refractivity contribution is -0.119. The second-order valence-corrected chi connectivity index (χ2v) is 7.15. The molecule has 0 aliphatic heterocycles. The number of nitrogens with one attached hydrogen (secondary N) is 1. The van der Waals surface area contributed by atoms with Crippen molar-refractivity contribution in [2.45, 2.75) is 33.2 Å². The number of carbonyl (C=O) groups excluding carboxylic acids is 1. The van der Waals surface area contributed by atoms with E-state index in [2.05, 4.69) is 19.2 Å². The smallest absolute Gasteiger partial charge is 0.261 e. The first-order chi connectivity index (χ1) is 13.0. The Morgan fingerprint density at radius 3 is 2.41 bits per heavy atom. The lowest BCUT2D eigenvalue weighted by atomic mass is 9.94. The Labute approximate surface area is 159 Å². The number of amides is 1. The third kappa shape index (κ3) is 4.25. The van der Waals surface area contributed by atoms with Gasteiger partial charge in [0.1, 0.15) is 5.82 Å². The number of carbonyl (C=O) groups is 1. The zero-order valence-corrected chi connectivity index (χ0v) is 16.0. The van der Waals surface area contributed by atoms with Crippen LogP contribution in [0.15, 0.2) is 59.4 Å². The summed E-state index contributed by atoms with van der Waals surface area (Å²) in [7, 11) is 0. The molecule has 3 rings (SSSR count). The van der Waals surface area contributed by atoms with Crippen LogP contribution in [0.5, 0.6) is 0 Å². The van der Waals surface area contributed by atoms with Gasteiger partial charge in [0, 0.05) is 19.4 Å². The van der Waals surface area contributed by atoms with Gasteiger partial charge >= 0.3 is 0 Å². The van der Waals surface area contributed by atoms with Crippen LogP contribution >= 0.6 is 0 Å². The van der Waals surface area contributed by atoms with Gasteiger partial charge < -0.3 is 5.32 Å². The van der Waals surface area contributed by atoms with Crippen LogP contribution in [-0.4, -0.2) is 22.0 Å². The molecule has 27 heavy (non-hydrogen) atoms. The van der Waals surface area contributed by atoms with E-state index in [1.165, 1.54) is 6.92 Å². The fourth-order valence-corrected chi connectivity index (χ4v) is 3.27. The van der Waals surface area contributed by atoms with Gasteiger partial charge in [-0.25, -0.2) is 4.98 Å². The molecule has 1 N–H and O–H groups in total. The second-order valence-electron chi connectivity index (χ2n) is 7.15. The lowest BCUT2D eigenvalue weighted by Gasteiger charge is -2.24. The minimum absolute atomic E-state index is 0.0482. The average molecular weight is 363 g/mol. The van der Waals surface area contributed by atoms with Crippen LogP contribution < -0.4 is 10.9 Å². The molecule has 0 saturated heterocycles. The molecule has 0 fully saturated rings. The molecule has 1 unspecified atom stereocenters. The van der Waals surface area contributed by atoms with Gasteiger partial charge in [0.05, 0.1) is 17.4 Å². The van der Waals surface area contributed by atoms with Gasteiger partial charge in [0.15, 0.2) is 0 Å². The van der Waals surface area contributed by atoms with Crippen molar-refractivity contribution < 1.29 is 4.79 Å². The van der Waals surface area contributed by atoms with Gasteiger partial charge in [-0.05, 0) is 23.6 Å². The molecular weight excluding hydrogens is 338 g/mol. The number of benzene rings is 2. The summed E-state index contributed by atoms with van der Waals surface area (Å²) in [5.74, 6) is 0.784. The van der Waals surface area contributed by atoms with Crippen molar-refractivity contribution in [2.24, 2.45) is 5.92 Å². The number of fused-ring (bicyclic) bond motifs is 1. The molecule has 0 aliphatic carbocycles. The van der Waals surface area contributed by atoms with E-state index in [-0.39, 0.29) is 23.3 Å². The molecule has 1 atom stereocenters. The predicted octanol–water partition coefficient (Wildman–Crippen LogP) is 3.32. The fourth-order valence-electron chi connectivity index (χ4n) is 3.27. The van der Waals surface area contributed by atoms with Gasteiger partial charge in [-0.1, -0.05) is 56.3 Å². The van der Waals surface area contributed by atoms with Crippen LogP contribution in [0.2, 0.25) is 0 Å². The quantitative estimate of drug-likeness (QED) is 0.731. The van der Waals surface area contributed by atoms with E-state index in [4.69, 9.17) is 4.98 Å². The molecule has 2 aromatic carbocycles. The highest BCUT2D eigenvalue weighted by Gasteiger charge is 2.23. The van der Waals surface area contributed by atoms with Gasteiger partial charge in [-0.2, -0.15) is 0 Å². The van der Waals surface area contributed by atoms with Crippen LogP contribution in [0.1, 0.15) is 38.1 Å². The monoisotopic (exact) mass is 363 g/mol. The van der Waals surface area contributed by atoms with Gasteiger partial charge in [0.25, 0.3) is 5.56 Å². The molecule has 1 heterocycles. The van der Waals surface area contributed by atoms with E-state index < -0.39 is 0 Å². The first-order valence-corrected chi connectivity index (χ1v) is 9.25. The SMILES string of the molecule is CC(=O)NCC(c1nc2ccccc2c(=O)n1Cc1ccccc1)C(C)C. The molecule has 5 nitrogen and oxygen atoms in total. The number of rotatable bonds is 6. The van der Waals surface area contributed by atoms with Crippen LogP contribution in [0.3, 0.4) is 0 Å². The first-order valence-electron chi connectivity index (χ1n) is 9.25. The van der Waals surface area contributed by atoms with E-state index >= 15 is 0 Å². The molecule has 0 saturated carbocycles. The van der Waals surface area contributed by atoms with Crippen molar-refractivity contribution in [3.8, 4) is 0 Å². The Bertz CT molecular complexity index is 993. The largest absolute Gasteiger partial charge is 0.356 e. The molecule has 140 valence electrons. The molecule has 1 amide bonds. The molecule has 1 aromatic heterocycles. The van der Waals surface area contributed by atoms with E-state index in [1.54, 1.807) is 4.57 Å². The number of para-hydroxylation sites is 1. The van der Waals surface area contributed by atoms with E-state index in [0.717, 1.165) is 5.56 Å². The van der Waals surface area contributed by atoms with E-state index in [1.807, 2.05) is 54.6 Å². The van der Waals surface area contributed by atoms with Crippen LogP contribution in [0.25, 0.3) is 10.9 Å². The summed E-state index contributed by atoms with van der Waals surface area (Å²) in [5.41, 5.74) is 1.68. The Morgan fingerprint density at radius 1 is 1.07 bits per heavy atom. The zero-order chi connectivity index (χ0) is 19.4. The van der Waals surface area contributed by atoms with E-state index in [9.17, 15) is 9.59 Å². The maximum absolute atomic E-state index is 13.3. The number of aromatic nitrogens is 2. The predicted molar refractivity (Wildman–Crippen MR) is 108 cm³/mol. The molecule has 5 heteroatoms. The number of hydrogen-bond donors (Lipinski definition) is 1. The maximum atomic E-state index is 13.3. The summed E-state index contributed by atoms with van der Waals surface area (Å²) in [4.78, 5) is 29.6. The van der Waals surface area contributed by atoms with E-state index in [0.29, 0.717) is 29.8 Å². The Balaban J connectivity index is 2.17. The second kappa shape index (κ2) is 8.16. The first kappa shape index (κ1) is 18.8. The highest BCUT2D eigenvalue weighted by atomic mass is 16.1.